The predicted octanol–water partition coefficient (Wildman–Crippen LogP) is 3.36. The summed E-state index contributed by atoms with van der Waals surface area (Å²) in [6.07, 6.45) is 0.720. The number of methoxy groups -OCH3 is 1. The van der Waals surface area contributed by atoms with Crippen LogP contribution in [0, 0.1) is 20.8 Å². The van der Waals surface area contributed by atoms with Gasteiger partial charge >= 0.3 is 0 Å². The highest BCUT2D eigenvalue weighted by Gasteiger charge is 2.09. The molecule has 4 heteroatoms. The molecule has 0 bridgehead atoms. The molecule has 0 heterocycles. The number of carbonyl (C=O) groups is 1. The lowest BCUT2D eigenvalue weighted by molar-refractivity contribution is -0.123. The fourth-order valence-corrected chi connectivity index (χ4v) is 2.58. The molecule has 0 atom stereocenters. The average molecular weight is 327 g/mol. The van der Waals surface area contributed by atoms with Crippen LogP contribution in [0.25, 0.3) is 0 Å². The van der Waals surface area contributed by atoms with E-state index in [0.717, 1.165) is 40.2 Å². The molecule has 0 radical (unpaired) electrons. The molecular weight excluding hydrogens is 302 g/mol. The van der Waals surface area contributed by atoms with Gasteiger partial charge in [0.05, 0.1) is 7.11 Å². The van der Waals surface area contributed by atoms with Crippen LogP contribution in [-0.2, 0) is 11.2 Å². The van der Waals surface area contributed by atoms with Gasteiger partial charge in [-0.05, 0) is 55.5 Å². The smallest absolute Gasteiger partial charge is 0.257 e. The van der Waals surface area contributed by atoms with Crippen LogP contribution >= 0.6 is 0 Å². The van der Waals surface area contributed by atoms with E-state index in [4.69, 9.17) is 9.47 Å². The van der Waals surface area contributed by atoms with E-state index in [1.54, 1.807) is 7.11 Å². The lowest BCUT2D eigenvalue weighted by atomic mass is 10.1. The monoisotopic (exact) mass is 327 g/mol. The highest BCUT2D eigenvalue weighted by Crippen LogP contribution is 2.25. The van der Waals surface area contributed by atoms with E-state index in [1.807, 2.05) is 51.1 Å². The molecule has 2 aromatic carbocycles. The number of rotatable bonds is 7. The summed E-state index contributed by atoms with van der Waals surface area (Å²) in [6, 6.07) is 11.9. The normalized spacial score (nSPS) is 10.3. The van der Waals surface area contributed by atoms with Crippen molar-refractivity contribution in [2.45, 2.75) is 27.2 Å². The minimum Gasteiger partial charge on any atom is -0.496 e. The van der Waals surface area contributed by atoms with Crippen LogP contribution in [0.5, 0.6) is 11.5 Å². The predicted molar refractivity (Wildman–Crippen MR) is 95.9 cm³/mol. The molecular formula is C20H25NO3. The fourth-order valence-electron chi connectivity index (χ4n) is 2.58. The quantitative estimate of drug-likeness (QED) is 0.848. The summed E-state index contributed by atoms with van der Waals surface area (Å²) in [5.74, 6) is 1.52. The van der Waals surface area contributed by atoms with Crippen LogP contribution in [-0.4, -0.2) is 26.2 Å². The molecule has 1 amide bonds. The van der Waals surface area contributed by atoms with Gasteiger partial charge in [0.2, 0.25) is 0 Å². The Bertz CT molecular complexity index is 710. The first kappa shape index (κ1) is 17.9. The maximum Gasteiger partial charge on any atom is 0.257 e. The van der Waals surface area contributed by atoms with Gasteiger partial charge in [-0.2, -0.15) is 0 Å². The molecule has 0 aliphatic carbocycles. The van der Waals surface area contributed by atoms with E-state index < -0.39 is 0 Å². The molecule has 0 unspecified atom stereocenters. The van der Waals surface area contributed by atoms with E-state index in [0.29, 0.717) is 6.54 Å². The second-order valence-electron chi connectivity index (χ2n) is 5.85. The number of nitrogens with one attached hydrogen (secondary N) is 1. The van der Waals surface area contributed by atoms with Crippen molar-refractivity contribution < 1.29 is 14.3 Å². The molecule has 0 aliphatic rings. The number of para-hydroxylation sites is 1. The van der Waals surface area contributed by atoms with E-state index in [-0.39, 0.29) is 12.5 Å². The first-order valence-electron chi connectivity index (χ1n) is 8.11. The summed E-state index contributed by atoms with van der Waals surface area (Å²) in [4.78, 5) is 12.0. The highest BCUT2D eigenvalue weighted by molar-refractivity contribution is 5.77. The van der Waals surface area contributed by atoms with Crippen molar-refractivity contribution in [1.29, 1.82) is 0 Å². The van der Waals surface area contributed by atoms with Crippen molar-refractivity contribution in [3.8, 4) is 11.5 Å². The minimum atomic E-state index is -0.120. The SMILES string of the molecule is COc1ccccc1CCNC(=O)COc1c(C)ccc(C)c1C. The van der Waals surface area contributed by atoms with Gasteiger partial charge in [-0.1, -0.05) is 30.3 Å². The molecule has 2 aromatic rings. The van der Waals surface area contributed by atoms with Crippen molar-refractivity contribution in [2.75, 3.05) is 20.3 Å². The molecule has 4 nitrogen and oxygen atoms in total. The van der Waals surface area contributed by atoms with Gasteiger partial charge in [0, 0.05) is 6.54 Å². The highest BCUT2D eigenvalue weighted by atomic mass is 16.5. The Labute approximate surface area is 143 Å². The zero-order valence-corrected chi connectivity index (χ0v) is 14.8. The van der Waals surface area contributed by atoms with E-state index in [9.17, 15) is 4.79 Å². The van der Waals surface area contributed by atoms with Gasteiger partial charge in [-0.15, -0.1) is 0 Å². The molecule has 2 rings (SSSR count). The van der Waals surface area contributed by atoms with Crippen LogP contribution in [0.4, 0.5) is 0 Å². The third-order valence-corrected chi connectivity index (χ3v) is 4.13. The number of hydrogen-bond donors (Lipinski definition) is 1. The van der Waals surface area contributed by atoms with Gasteiger partial charge in [0.15, 0.2) is 6.61 Å². The van der Waals surface area contributed by atoms with Crippen molar-refractivity contribution in [3.63, 3.8) is 0 Å². The summed E-state index contributed by atoms with van der Waals surface area (Å²) < 4.78 is 11.0. The second-order valence-corrected chi connectivity index (χ2v) is 5.85. The van der Waals surface area contributed by atoms with E-state index in [1.165, 1.54) is 0 Å². The summed E-state index contributed by atoms with van der Waals surface area (Å²) >= 11 is 0. The molecule has 0 saturated heterocycles. The van der Waals surface area contributed by atoms with Gasteiger partial charge in [0.1, 0.15) is 11.5 Å². The number of benzene rings is 2. The fraction of sp³-hybridized carbons (Fsp3) is 0.350. The first-order valence-corrected chi connectivity index (χ1v) is 8.11. The van der Waals surface area contributed by atoms with Crippen molar-refractivity contribution in [1.82, 2.24) is 5.32 Å². The van der Waals surface area contributed by atoms with Crippen LogP contribution < -0.4 is 14.8 Å². The third-order valence-electron chi connectivity index (χ3n) is 4.13. The molecule has 24 heavy (non-hydrogen) atoms. The Morgan fingerprint density at radius 3 is 2.50 bits per heavy atom. The van der Waals surface area contributed by atoms with Gasteiger partial charge in [0.25, 0.3) is 5.91 Å². The third kappa shape index (κ3) is 4.51. The molecule has 128 valence electrons. The first-order chi connectivity index (χ1) is 11.5. The maximum absolute atomic E-state index is 12.0. The Balaban J connectivity index is 1.83. The van der Waals surface area contributed by atoms with Gasteiger partial charge in [-0.25, -0.2) is 0 Å². The summed E-state index contributed by atoms with van der Waals surface area (Å²) in [5, 5.41) is 2.89. The Kier molecular flexibility index (Phi) is 6.24. The average Bonchev–Trinajstić information content (AvgIpc) is 2.58. The molecule has 0 aromatic heterocycles. The second kappa shape index (κ2) is 8.39. The molecule has 0 aliphatic heterocycles. The number of amides is 1. The molecule has 0 spiro atoms. The van der Waals surface area contributed by atoms with Crippen LogP contribution in [0.2, 0.25) is 0 Å². The van der Waals surface area contributed by atoms with Crippen LogP contribution in [0.1, 0.15) is 22.3 Å². The Morgan fingerprint density at radius 1 is 1.04 bits per heavy atom. The minimum absolute atomic E-state index is 0.0249. The van der Waals surface area contributed by atoms with Crippen LogP contribution in [0.15, 0.2) is 36.4 Å². The van der Waals surface area contributed by atoms with Crippen molar-refractivity contribution >= 4 is 5.91 Å². The van der Waals surface area contributed by atoms with Gasteiger partial charge < -0.3 is 14.8 Å². The van der Waals surface area contributed by atoms with Gasteiger partial charge in [-0.3, -0.25) is 4.79 Å². The number of hydrogen-bond acceptors (Lipinski definition) is 3. The summed E-state index contributed by atoms with van der Waals surface area (Å²) in [6.45, 7) is 6.61. The molecule has 0 fully saturated rings. The lowest BCUT2D eigenvalue weighted by Gasteiger charge is -2.14. The van der Waals surface area contributed by atoms with Crippen molar-refractivity contribution in [3.05, 3.63) is 58.7 Å². The lowest BCUT2D eigenvalue weighted by Crippen LogP contribution is -2.30. The number of aryl methyl sites for hydroxylation is 2. The number of carbonyl (C=O) groups excluding carboxylic acids is 1. The largest absolute Gasteiger partial charge is 0.496 e. The maximum atomic E-state index is 12.0. The van der Waals surface area contributed by atoms with E-state index in [2.05, 4.69) is 11.4 Å². The molecule has 0 saturated carbocycles. The number of ether oxygens (including phenoxy) is 2. The zero-order valence-electron chi connectivity index (χ0n) is 14.8. The van der Waals surface area contributed by atoms with Crippen molar-refractivity contribution in [2.24, 2.45) is 0 Å². The van der Waals surface area contributed by atoms with Crippen LogP contribution in [0.3, 0.4) is 0 Å². The Hall–Kier alpha value is -2.49. The summed E-state index contributed by atoms with van der Waals surface area (Å²) in [7, 11) is 1.65. The standard InChI is InChI=1S/C20H25NO3/c1-14-9-10-15(2)20(16(14)3)24-13-19(22)21-12-11-17-7-5-6-8-18(17)23-4/h5-10H,11-13H2,1-4H3,(H,21,22). The topological polar surface area (TPSA) is 47.6 Å². The molecule has 1 N–H and O–H groups in total. The van der Waals surface area contributed by atoms with E-state index >= 15 is 0 Å². The summed E-state index contributed by atoms with van der Waals surface area (Å²) in [5.41, 5.74) is 4.36. The Morgan fingerprint density at radius 2 is 1.75 bits per heavy atom. The zero-order chi connectivity index (χ0) is 17.5.